The van der Waals surface area contributed by atoms with Gasteiger partial charge in [0.25, 0.3) is 5.69 Å². The first-order valence-electron chi connectivity index (χ1n) is 5.32. The fourth-order valence-electron chi connectivity index (χ4n) is 1.66. The standard InChI is InChI=1S/C11H12N2O4/c14-11-6-1-8(12-11)7-17-10-4-2-9(3-5-10)13(15)16/h2-5,8H,1,6-7H2,(H,12,14)/t8-/m0/s1. The molecule has 1 saturated heterocycles. The largest absolute Gasteiger partial charge is 0.491 e. The lowest BCUT2D eigenvalue weighted by Gasteiger charge is -2.11. The Kier molecular flexibility index (Phi) is 3.22. The second-order valence-electron chi connectivity index (χ2n) is 3.87. The number of non-ortho nitro benzene ring substituents is 1. The van der Waals surface area contributed by atoms with E-state index < -0.39 is 4.92 Å². The quantitative estimate of drug-likeness (QED) is 0.630. The van der Waals surface area contributed by atoms with Crippen molar-refractivity contribution < 1.29 is 14.5 Å². The molecule has 1 amide bonds. The van der Waals surface area contributed by atoms with Gasteiger partial charge in [-0.25, -0.2) is 0 Å². The Hall–Kier alpha value is -2.11. The van der Waals surface area contributed by atoms with Crippen molar-refractivity contribution in [2.24, 2.45) is 0 Å². The highest BCUT2D eigenvalue weighted by Gasteiger charge is 2.21. The summed E-state index contributed by atoms with van der Waals surface area (Å²) < 4.78 is 5.44. The monoisotopic (exact) mass is 236 g/mol. The van der Waals surface area contributed by atoms with E-state index in [1.165, 1.54) is 12.1 Å². The molecule has 1 heterocycles. The number of nitro groups is 1. The van der Waals surface area contributed by atoms with E-state index in [0.717, 1.165) is 6.42 Å². The van der Waals surface area contributed by atoms with E-state index in [1.807, 2.05) is 0 Å². The van der Waals surface area contributed by atoms with Gasteiger partial charge in [0.1, 0.15) is 12.4 Å². The van der Waals surface area contributed by atoms with Crippen molar-refractivity contribution in [3.63, 3.8) is 0 Å². The molecule has 0 bridgehead atoms. The van der Waals surface area contributed by atoms with Crippen molar-refractivity contribution in [2.75, 3.05) is 6.61 Å². The minimum Gasteiger partial charge on any atom is -0.491 e. The molecule has 90 valence electrons. The summed E-state index contributed by atoms with van der Waals surface area (Å²) in [5.74, 6) is 0.610. The van der Waals surface area contributed by atoms with Crippen molar-refractivity contribution in [2.45, 2.75) is 18.9 Å². The number of hydrogen-bond acceptors (Lipinski definition) is 4. The van der Waals surface area contributed by atoms with Gasteiger partial charge in [-0.15, -0.1) is 0 Å². The zero-order valence-corrected chi connectivity index (χ0v) is 9.09. The molecule has 6 nitrogen and oxygen atoms in total. The number of benzene rings is 1. The normalized spacial score (nSPS) is 18.8. The Morgan fingerprint density at radius 2 is 2.12 bits per heavy atom. The number of ether oxygens (including phenoxy) is 1. The topological polar surface area (TPSA) is 81.5 Å². The van der Waals surface area contributed by atoms with E-state index >= 15 is 0 Å². The summed E-state index contributed by atoms with van der Waals surface area (Å²) in [6.07, 6.45) is 1.31. The summed E-state index contributed by atoms with van der Waals surface area (Å²) in [6, 6.07) is 5.92. The number of nitrogens with zero attached hydrogens (tertiary/aromatic N) is 1. The number of hydrogen-bond donors (Lipinski definition) is 1. The molecule has 0 unspecified atom stereocenters. The van der Waals surface area contributed by atoms with Gasteiger partial charge in [-0.05, 0) is 18.6 Å². The van der Waals surface area contributed by atoms with Crippen LogP contribution < -0.4 is 10.1 Å². The lowest BCUT2D eigenvalue weighted by Crippen LogP contribution is -2.30. The minimum atomic E-state index is -0.457. The Labute approximate surface area is 97.7 Å². The van der Waals surface area contributed by atoms with Crippen molar-refractivity contribution >= 4 is 11.6 Å². The van der Waals surface area contributed by atoms with Crippen LogP contribution in [0, 0.1) is 10.1 Å². The Morgan fingerprint density at radius 1 is 1.41 bits per heavy atom. The molecule has 0 saturated carbocycles. The molecule has 2 rings (SSSR count). The molecule has 1 fully saturated rings. The molecule has 1 aliphatic heterocycles. The van der Waals surface area contributed by atoms with Crippen LogP contribution in [0.4, 0.5) is 5.69 Å². The highest BCUT2D eigenvalue weighted by atomic mass is 16.6. The molecule has 1 aliphatic rings. The number of nitro benzene ring substituents is 1. The summed E-state index contributed by atoms with van der Waals surface area (Å²) in [5.41, 5.74) is 0.0338. The van der Waals surface area contributed by atoms with Crippen molar-refractivity contribution in [1.82, 2.24) is 5.32 Å². The average molecular weight is 236 g/mol. The van der Waals surface area contributed by atoms with Gasteiger partial charge < -0.3 is 10.1 Å². The molecule has 0 radical (unpaired) electrons. The fraction of sp³-hybridized carbons (Fsp3) is 0.364. The van der Waals surface area contributed by atoms with Crippen LogP contribution >= 0.6 is 0 Å². The smallest absolute Gasteiger partial charge is 0.269 e. The van der Waals surface area contributed by atoms with E-state index in [2.05, 4.69) is 5.32 Å². The van der Waals surface area contributed by atoms with Gasteiger partial charge in [0.15, 0.2) is 0 Å². The van der Waals surface area contributed by atoms with Crippen LogP contribution in [0.25, 0.3) is 0 Å². The van der Waals surface area contributed by atoms with Crippen LogP contribution in [0.1, 0.15) is 12.8 Å². The zero-order valence-electron chi connectivity index (χ0n) is 9.09. The van der Waals surface area contributed by atoms with E-state index in [-0.39, 0.29) is 17.6 Å². The van der Waals surface area contributed by atoms with Gasteiger partial charge in [0.2, 0.25) is 5.91 Å². The molecule has 0 spiro atoms. The van der Waals surface area contributed by atoms with Crippen molar-refractivity contribution in [1.29, 1.82) is 0 Å². The second kappa shape index (κ2) is 4.82. The number of nitrogens with one attached hydrogen (secondary N) is 1. The van der Waals surface area contributed by atoms with Crippen LogP contribution in [0.2, 0.25) is 0 Å². The van der Waals surface area contributed by atoms with Crippen LogP contribution in [0.15, 0.2) is 24.3 Å². The highest BCUT2D eigenvalue weighted by molar-refractivity contribution is 5.78. The molecule has 1 atom stereocenters. The molecule has 0 aliphatic carbocycles. The van der Waals surface area contributed by atoms with Gasteiger partial charge in [0, 0.05) is 18.6 Å². The third kappa shape index (κ3) is 2.93. The maximum Gasteiger partial charge on any atom is 0.269 e. The molecular formula is C11H12N2O4. The maximum atomic E-state index is 10.9. The third-order valence-electron chi connectivity index (χ3n) is 2.58. The highest BCUT2D eigenvalue weighted by Crippen LogP contribution is 2.18. The number of amides is 1. The number of rotatable bonds is 4. The van der Waals surface area contributed by atoms with Crippen LogP contribution in [0.3, 0.4) is 0 Å². The Balaban J connectivity index is 1.87. The summed E-state index contributed by atoms with van der Waals surface area (Å²) >= 11 is 0. The Morgan fingerprint density at radius 3 is 2.65 bits per heavy atom. The Bertz CT molecular complexity index is 430. The summed E-state index contributed by atoms with van der Waals surface area (Å²) in [6.45, 7) is 0.392. The van der Waals surface area contributed by atoms with Gasteiger partial charge >= 0.3 is 0 Å². The summed E-state index contributed by atoms with van der Waals surface area (Å²) in [4.78, 5) is 20.9. The summed E-state index contributed by atoms with van der Waals surface area (Å²) in [7, 11) is 0. The predicted molar refractivity (Wildman–Crippen MR) is 59.8 cm³/mol. The molecule has 1 aromatic carbocycles. The first-order valence-corrected chi connectivity index (χ1v) is 5.32. The third-order valence-corrected chi connectivity index (χ3v) is 2.58. The lowest BCUT2D eigenvalue weighted by molar-refractivity contribution is -0.384. The SMILES string of the molecule is O=C1CC[C@@H](COc2ccc([N+](=O)[O-])cc2)N1. The van der Waals surface area contributed by atoms with Crippen LogP contribution in [-0.2, 0) is 4.79 Å². The first kappa shape index (κ1) is 11.4. The second-order valence-corrected chi connectivity index (χ2v) is 3.87. The maximum absolute atomic E-state index is 10.9. The molecule has 1 aromatic rings. The fourth-order valence-corrected chi connectivity index (χ4v) is 1.66. The van der Waals surface area contributed by atoms with Crippen LogP contribution in [0.5, 0.6) is 5.75 Å². The lowest BCUT2D eigenvalue weighted by atomic mass is 10.2. The van der Waals surface area contributed by atoms with Crippen LogP contribution in [-0.4, -0.2) is 23.5 Å². The predicted octanol–water partition coefficient (Wildman–Crippen LogP) is 1.25. The summed E-state index contributed by atoms with van der Waals surface area (Å²) in [5, 5.41) is 13.2. The molecule has 1 N–H and O–H groups in total. The molecular weight excluding hydrogens is 224 g/mol. The first-order chi connectivity index (χ1) is 8.15. The van der Waals surface area contributed by atoms with E-state index in [4.69, 9.17) is 4.74 Å². The average Bonchev–Trinajstić information content (AvgIpc) is 2.73. The van der Waals surface area contributed by atoms with Gasteiger partial charge in [0.05, 0.1) is 11.0 Å². The minimum absolute atomic E-state index is 0.0338. The number of carbonyl (C=O) groups is 1. The molecule has 0 aromatic heterocycles. The molecule has 6 heteroatoms. The van der Waals surface area contributed by atoms with Gasteiger partial charge in [-0.3, -0.25) is 14.9 Å². The zero-order chi connectivity index (χ0) is 12.3. The van der Waals surface area contributed by atoms with Crippen molar-refractivity contribution in [3.05, 3.63) is 34.4 Å². The molecule has 17 heavy (non-hydrogen) atoms. The van der Waals surface area contributed by atoms with Crippen molar-refractivity contribution in [3.8, 4) is 5.75 Å². The van der Waals surface area contributed by atoms with Gasteiger partial charge in [-0.2, -0.15) is 0 Å². The van der Waals surface area contributed by atoms with E-state index in [0.29, 0.717) is 18.8 Å². The van der Waals surface area contributed by atoms with E-state index in [1.54, 1.807) is 12.1 Å². The number of carbonyl (C=O) groups excluding carboxylic acids is 1. The van der Waals surface area contributed by atoms with Gasteiger partial charge in [-0.1, -0.05) is 0 Å². The van der Waals surface area contributed by atoms with E-state index in [9.17, 15) is 14.9 Å².